The molecule has 1 atom stereocenters. The Kier molecular flexibility index (Phi) is 3.74. The minimum Gasteiger partial charge on any atom is -0.398 e. The Morgan fingerprint density at radius 3 is 2.69 bits per heavy atom. The van der Waals surface area contributed by atoms with Crippen LogP contribution in [-0.2, 0) is 0 Å². The lowest BCUT2D eigenvalue weighted by molar-refractivity contribution is 0.185. The third-order valence-corrected chi connectivity index (χ3v) is 3.62. The molecule has 3 N–H and O–H groups in total. The van der Waals surface area contributed by atoms with Crippen LogP contribution in [0.4, 0.5) is 5.69 Å². The van der Waals surface area contributed by atoms with Gasteiger partial charge in [-0.15, -0.1) is 12.6 Å². The van der Waals surface area contributed by atoms with Crippen molar-refractivity contribution in [3.05, 3.63) is 23.8 Å². The van der Waals surface area contributed by atoms with E-state index in [2.05, 4.69) is 41.9 Å². The lowest BCUT2D eigenvalue weighted by atomic mass is 10.1. The lowest BCUT2D eigenvalue weighted by Crippen LogP contribution is -2.44. The van der Waals surface area contributed by atoms with Crippen molar-refractivity contribution in [2.75, 3.05) is 31.9 Å². The number of benzene rings is 1. The Morgan fingerprint density at radius 2 is 2.06 bits per heavy atom. The molecule has 1 unspecified atom stereocenters. The third kappa shape index (κ3) is 2.51. The molecule has 16 heavy (non-hydrogen) atoms. The van der Waals surface area contributed by atoms with Crippen LogP contribution in [0.2, 0.25) is 0 Å². The van der Waals surface area contributed by atoms with Crippen LogP contribution >= 0.6 is 12.6 Å². The molecule has 0 saturated carbocycles. The summed E-state index contributed by atoms with van der Waals surface area (Å²) in [4.78, 5) is 3.36. The first-order valence-corrected chi connectivity index (χ1v) is 6.16. The standard InChI is InChI=1S/C12H19N3S/c1-9(15-6-4-14-5-7-15)10-2-3-11(13)12(16)8-10/h2-3,8-9,14,16H,4-7,13H2,1H3. The van der Waals surface area contributed by atoms with E-state index in [1.54, 1.807) is 0 Å². The van der Waals surface area contributed by atoms with E-state index >= 15 is 0 Å². The molecule has 1 aliphatic heterocycles. The van der Waals surface area contributed by atoms with Gasteiger partial charge in [0.2, 0.25) is 0 Å². The fourth-order valence-electron chi connectivity index (χ4n) is 2.10. The Balaban J connectivity index is 2.12. The second-order valence-corrected chi connectivity index (χ2v) is 4.76. The summed E-state index contributed by atoms with van der Waals surface area (Å²) in [5.41, 5.74) is 7.81. The first kappa shape index (κ1) is 11.8. The second kappa shape index (κ2) is 5.08. The fraction of sp³-hybridized carbons (Fsp3) is 0.500. The molecule has 3 nitrogen and oxygen atoms in total. The number of nitrogens with two attached hydrogens (primary N) is 1. The van der Waals surface area contributed by atoms with Gasteiger partial charge in [0.05, 0.1) is 0 Å². The van der Waals surface area contributed by atoms with Gasteiger partial charge in [0.15, 0.2) is 0 Å². The summed E-state index contributed by atoms with van der Waals surface area (Å²) in [5, 5.41) is 3.36. The summed E-state index contributed by atoms with van der Waals surface area (Å²) in [5.74, 6) is 0. The van der Waals surface area contributed by atoms with Gasteiger partial charge in [-0.3, -0.25) is 4.90 Å². The van der Waals surface area contributed by atoms with Gasteiger partial charge < -0.3 is 11.1 Å². The number of rotatable bonds is 2. The molecule has 0 radical (unpaired) electrons. The number of piperazine rings is 1. The maximum absolute atomic E-state index is 5.77. The molecule has 1 aromatic rings. The molecule has 1 heterocycles. The SMILES string of the molecule is CC(c1ccc(N)c(S)c1)N1CCNCC1. The number of thiol groups is 1. The highest BCUT2D eigenvalue weighted by Gasteiger charge is 2.17. The Hall–Kier alpha value is -0.710. The van der Waals surface area contributed by atoms with Crippen molar-refractivity contribution in [1.82, 2.24) is 10.2 Å². The zero-order valence-corrected chi connectivity index (χ0v) is 10.5. The molecule has 4 heteroatoms. The minimum absolute atomic E-state index is 0.439. The summed E-state index contributed by atoms with van der Waals surface area (Å²) in [6, 6.07) is 6.55. The van der Waals surface area contributed by atoms with Crippen LogP contribution in [-0.4, -0.2) is 31.1 Å². The molecule has 2 rings (SSSR count). The molecule has 88 valence electrons. The van der Waals surface area contributed by atoms with Gasteiger partial charge in [0, 0.05) is 42.8 Å². The number of anilines is 1. The van der Waals surface area contributed by atoms with Crippen molar-refractivity contribution in [2.24, 2.45) is 0 Å². The van der Waals surface area contributed by atoms with Gasteiger partial charge in [0.1, 0.15) is 0 Å². The maximum Gasteiger partial charge on any atom is 0.0449 e. The van der Waals surface area contributed by atoms with E-state index in [0.717, 1.165) is 36.8 Å². The van der Waals surface area contributed by atoms with Gasteiger partial charge in [-0.25, -0.2) is 0 Å². The molecule has 1 aliphatic rings. The summed E-state index contributed by atoms with van der Waals surface area (Å²) in [6.07, 6.45) is 0. The van der Waals surface area contributed by atoms with Crippen molar-refractivity contribution >= 4 is 18.3 Å². The average Bonchev–Trinajstić information content (AvgIpc) is 2.33. The quantitative estimate of drug-likeness (QED) is 0.540. The van der Waals surface area contributed by atoms with Crippen LogP contribution in [0, 0.1) is 0 Å². The molecule has 0 bridgehead atoms. The zero-order chi connectivity index (χ0) is 11.5. The van der Waals surface area contributed by atoms with E-state index in [9.17, 15) is 0 Å². The Bertz CT molecular complexity index is 361. The van der Waals surface area contributed by atoms with E-state index in [4.69, 9.17) is 5.73 Å². The molecule has 1 fully saturated rings. The first-order valence-electron chi connectivity index (χ1n) is 5.71. The highest BCUT2D eigenvalue weighted by atomic mass is 32.1. The van der Waals surface area contributed by atoms with Gasteiger partial charge >= 0.3 is 0 Å². The summed E-state index contributed by atoms with van der Waals surface area (Å²) in [6.45, 7) is 6.60. The Morgan fingerprint density at radius 1 is 1.38 bits per heavy atom. The molecule has 0 aromatic heterocycles. The Labute approximate surface area is 102 Å². The van der Waals surface area contributed by atoms with E-state index in [-0.39, 0.29) is 0 Å². The monoisotopic (exact) mass is 237 g/mol. The zero-order valence-electron chi connectivity index (χ0n) is 9.61. The maximum atomic E-state index is 5.77. The minimum atomic E-state index is 0.439. The number of hydrogen-bond acceptors (Lipinski definition) is 4. The third-order valence-electron chi connectivity index (χ3n) is 3.24. The summed E-state index contributed by atoms with van der Waals surface area (Å²) >= 11 is 4.37. The van der Waals surface area contributed by atoms with E-state index in [0.29, 0.717) is 6.04 Å². The van der Waals surface area contributed by atoms with E-state index in [1.807, 2.05) is 6.07 Å². The van der Waals surface area contributed by atoms with Crippen LogP contribution in [0.1, 0.15) is 18.5 Å². The number of hydrogen-bond donors (Lipinski definition) is 3. The normalized spacial score (nSPS) is 19.6. The highest BCUT2D eigenvalue weighted by Crippen LogP contribution is 2.25. The van der Waals surface area contributed by atoms with Crippen molar-refractivity contribution in [3.63, 3.8) is 0 Å². The predicted octanol–water partition coefficient (Wildman–Crippen LogP) is 1.52. The number of nitrogens with one attached hydrogen (secondary N) is 1. The van der Waals surface area contributed by atoms with E-state index in [1.165, 1.54) is 5.56 Å². The highest BCUT2D eigenvalue weighted by molar-refractivity contribution is 7.80. The number of nitrogen functional groups attached to an aromatic ring is 1. The molecule has 0 amide bonds. The molecule has 1 saturated heterocycles. The largest absolute Gasteiger partial charge is 0.398 e. The first-order chi connectivity index (χ1) is 7.68. The predicted molar refractivity (Wildman–Crippen MR) is 71.0 cm³/mol. The fourth-order valence-corrected chi connectivity index (χ4v) is 2.32. The van der Waals surface area contributed by atoms with Crippen LogP contribution in [0.15, 0.2) is 23.1 Å². The molecule has 0 spiro atoms. The topological polar surface area (TPSA) is 41.3 Å². The van der Waals surface area contributed by atoms with Crippen molar-refractivity contribution in [2.45, 2.75) is 17.9 Å². The number of nitrogens with zero attached hydrogens (tertiary/aromatic N) is 1. The van der Waals surface area contributed by atoms with Gasteiger partial charge in [-0.05, 0) is 24.6 Å². The van der Waals surface area contributed by atoms with Crippen LogP contribution in [0.3, 0.4) is 0 Å². The molecular formula is C12H19N3S. The van der Waals surface area contributed by atoms with Crippen LogP contribution in [0.5, 0.6) is 0 Å². The smallest absolute Gasteiger partial charge is 0.0449 e. The molecule has 0 aliphatic carbocycles. The summed E-state index contributed by atoms with van der Waals surface area (Å²) < 4.78 is 0. The van der Waals surface area contributed by atoms with Crippen molar-refractivity contribution in [3.8, 4) is 0 Å². The average molecular weight is 237 g/mol. The molecule has 1 aromatic carbocycles. The van der Waals surface area contributed by atoms with Crippen LogP contribution < -0.4 is 11.1 Å². The van der Waals surface area contributed by atoms with E-state index < -0.39 is 0 Å². The van der Waals surface area contributed by atoms with Crippen molar-refractivity contribution in [1.29, 1.82) is 0 Å². The van der Waals surface area contributed by atoms with Crippen LogP contribution in [0.25, 0.3) is 0 Å². The van der Waals surface area contributed by atoms with Crippen molar-refractivity contribution < 1.29 is 0 Å². The van der Waals surface area contributed by atoms with Gasteiger partial charge in [0.25, 0.3) is 0 Å². The van der Waals surface area contributed by atoms with Gasteiger partial charge in [-0.1, -0.05) is 6.07 Å². The summed E-state index contributed by atoms with van der Waals surface area (Å²) in [7, 11) is 0. The van der Waals surface area contributed by atoms with Gasteiger partial charge in [-0.2, -0.15) is 0 Å². The molecular weight excluding hydrogens is 218 g/mol. The lowest BCUT2D eigenvalue weighted by Gasteiger charge is -2.33. The second-order valence-electron chi connectivity index (χ2n) is 4.28.